The minimum atomic E-state index is -0.744. The number of carbonyl (C=O) groups is 1. The number of aryl methyl sites for hydroxylation is 1. The van der Waals surface area contributed by atoms with E-state index in [-0.39, 0.29) is 10.9 Å². The summed E-state index contributed by atoms with van der Waals surface area (Å²) in [6.45, 7) is 3.57. The summed E-state index contributed by atoms with van der Waals surface area (Å²) in [5.41, 5.74) is 6.05. The molecule has 110 valence electrons. The molecule has 0 radical (unpaired) electrons. The molecule has 0 bridgehead atoms. The van der Waals surface area contributed by atoms with Gasteiger partial charge in [0.1, 0.15) is 5.41 Å². The van der Waals surface area contributed by atoms with Crippen LogP contribution in [0.2, 0.25) is 0 Å². The molecule has 0 aromatic carbocycles. The normalized spacial score (nSPS) is 17.6. The lowest BCUT2D eigenvalue weighted by Crippen LogP contribution is -2.52. The predicted octanol–water partition coefficient (Wildman–Crippen LogP) is 1.19. The highest BCUT2D eigenvalue weighted by Crippen LogP contribution is 2.31. The standard InChI is InChI=1S/C13H19N3O2S2/c1-9-16-10(8-20-9)2-5-15-12(17)13(11(14)19)3-6-18-7-4-13/h8H,2-7H2,1H3,(H2,14,19)(H,15,17). The Bertz CT molecular complexity index is 496. The van der Waals surface area contributed by atoms with E-state index in [9.17, 15) is 4.79 Å². The largest absolute Gasteiger partial charge is 0.392 e. The molecule has 1 amide bonds. The van der Waals surface area contributed by atoms with Gasteiger partial charge < -0.3 is 15.8 Å². The molecule has 1 aliphatic heterocycles. The molecular weight excluding hydrogens is 294 g/mol. The van der Waals surface area contributed by atoms with Gasteiger partial charge in [-0.1, -0.05) is 12.2 Å². The second-order valence-electron chi connectivity index (χ2n) is 4.92. The van der Waals surface area contributed by atoms with Gasteiger partial charge >= 0.3 is 0 Å². The molecule has 3 N–H and O–H groups in total. The van der Waals surface area contributed by atoms with Gasteiger partial charge in [0, 0.05) is 31.6 Å². The number of thiocarbonyl (C=S) groups is 1. The van der Waals surface area contributed by atoms with Gasteiger partial charge in [0.25, 0.3) is 0 Å². The lowest BCUT2D eigenvalue weighted by atomic mass is 9.79. The van der Waals surface area contributed by atoms with Crippen LogP contribution in [-0.4, -0.2) is 35.6 Å². The van der Waals surface area contributed by atoms with Crippen molar-refractivity contribution in [3.8, 4) is 0 Å². The summed E-state index contributed by atoms with van der Waals surface area (Å²) in [7, 11) is 0. The van der Waals surface area contributed by atoms with E-state index < -0.39 is 5.41 Å². The van der Waals surface area contributed by atoms with E-state index in [0.29, 0.717) is 32.6 Å². The first-order valence-electron chi connectivity index (χ1n) is 6.61. The number of amides is 1. The molecule has 5 nitrogen and oxygen atoms in total. The van der Waals surface area contributed by atoms with Gasteiger partial charge in [0.2, 0.25) is 5.91 Å². The van der Waals surface area contributed by atoms with Crippen molar-refractivity contribution in [1.29, 1.82) is 0 Å². The zero-order valence-corrected chi connectivity index (χ0v) is 13.1. The highest BCUT2D eigenvalue weighted by Gasteiger charge is 2.42. The van der Waals surface area contributed by atoms with Crippen LogP contribution in [-0.2, 0) is 16.0 Å². The topological polar surface area (TPSA) is 77.2 Å². The Hall–Kier alpha value is -1.05. The molecule has 1 aliphatic rings. The summed E-state index contributed by atoms with van der Waals surface area (Å²) in [6.07, 6.45) is 1.84. The highest BCUT2D eigenvalue weighted by molar-refractivity contribution is 7.80. The first kappa shape index (κ1) is 15.3. The monoisotopic (exact) mass is 313 g/mol. The van der Waals surface area contributed by atoms with E-state index in [1.165, 1.54) is 0 Å². The van der Waals surface area contributed by atoms with Crippen molar-refractivity contribution in [2.75, 3.05) is 19.8 Å². The Morgan fingerprint density at radius 1 is 1.60 bits per heavy atom. The minimum absolute atomic E-state index is 0.0831. The number of hydrogen-bond donors (Lipinski definition) is 2. The maximum absolute atomic E-state index is 12.4. The summed E-state index contributed by atoms with van der Waals surface area (Å²) in [6, 6.07) is 0. The Kier molecular flexibility index (Phi) is 5.06. The number of carbonyl (C=O) groups excluding carboxylic acids is 1. The number of nitrogens with zero attached hydrogens (tertiary/aromatic N) is 1. The van der Waals surface area contributed by atoms with E-state index in [2.05, 4.69) is 10.3 Å². The number of ether oxygens (including phenoxy) is 1. The molecule has 0 aliphatic carbocycles. The van der Waals surface area contributed by atoms with E-state index >= 15 is 0 Å². The number of nitrogens with one attached hydrogen (secondary N) is 1. The van der Waals surface area contributed by atoms with Crippen molar-refractivity contribution >= 4 is 34.5 Å². The molecule has 7 heteroatoms. The van der Waals surface area contributed by atoms with E-state index in [1.807, 2.05) is 12.3 Å². The number of aromatic nitrogens is 1. The molecule has 1 aromatic rings. The second kappa shape index (κ2) is 6.60. The summed E-state index contributed by atoms with van der Waals surface area (Å²) >= 11 is 6.72. The fraction of sp³-hybridized carbons (Fsp3) is 0.615. The SMILES string of the molecule is Cc1nc(CCNC(=O)C2(C(N)=S)CCOCC2)cs1. The maximum Gasteiger partial charge on any atom is 0.233 e. The fourth-order valence-electron chi connectivity index (χ4n) is 2.30. The number of rotatable bonds is 5. The lowest BCUT2D eigenvalue weighted by Gasteiger charge is -2.34. The highest BCUT2D eigenvalue weighted by atomic mass is 32.1. The fourth-order valence-corrected chi connectivity index (χ4v) is 3.25. The number of hydrogen-bond acceptors (Lipinski definition) is 5. The van der Waals surface area contributed by atoms with Crippen molar-refractivity contribution in [2.45, 2.75) is 26.2 Å². The summed E-state index contributed by atoms with van der Waals surface area (Å²) in [4.78, 5) is 17.0. The van der Waals surface area contributed by atoms with Gasteiger partial charge in [-0.25, -0.2) is 4.98 Å². The van der Waals surface area contributed by atoms with Crippen LogP contribution in [0, 0.1) is 12.3 Å². The van der Waals surface area contributed by atoms with Crippen LogP contribution in [0.1, 0.15) is 23.5 Å². The van der Waals surface area contributed by atoms with Crippen molar-refractivity contribution in [3.63, 3.8) is 0 Å². The molecule has 1 fully saturated rings. The molecule has 0 saturated carbocycles. The molecule has 0 atom stereocenters. The second-order valence-corrected chi connectivity index (χ2v) is 6.42. The van der Waals surface area contributed by atoms with Gasteiger partial charge in [-0.05, 0) is 19.8 Å². The third-order valence-corrected chi connectivity index (χ3v) is 4.80. The van der Waals surface area contributed by atoms with Gasteiger partial charge in [-0.15, -0.1) is 11.3 Å². The van der Waals surface area contributed by atoms with Crippen LogP contribution in [0.5, 0.6) is 0 Å². The van der Waals surface area contributed by atoms with Crippen molar-refractivity contribution in [2.24, 2.45) is 11.1 Å². The molecule has 0 spiro atoms. The molecule has 2 rings (SSSR count). The average Bonchev–Trinajstić information content (AvgIpc) is 2.85. The summed E-state index contributed by atoms with van der Waals surface area (Å²) in [5, 5.41) is 5.99. The third-order valence-electron chi connectivity index (χ3n) is 3.59. The average molecular weight is 313 g/mol. The molecule has 1 saturated heterocycles. The minimum Gasteiger partial charge on any atom is -0.392 e. The first-order valence-corrected chi connectivity index (χ1v) is 7.90. The van der Waals surface area contributed by atoms with Crippen LogP contribution in [0.15, 0.2) is 5.38 Å². The van der Waals surface area contributed by atoms with Gasteiger partial charge in [0.15, 0.2) is 0 Å². The van der Waals surface area contributed by atoms with Crippen molar-refractivity contribution in [3.05, 3.63) is 16.1 Å². The van der Waals surface area contributed by atoms with Crippen LogP contribution in [0.25, 0.3) is 0 Å². The zero-order chi connectivity index (χ0) is 14.6. The molecule has 2 heterocycles. The smallest absolute Gasteiger partial charge is 0.233 e. The van der Waals surface area contributed by atoms with Gasteiger partial charge in [0.05, 0.1) is 15.7 Å². The third kappa shape index (κ3) is 3.34. The predicted molar refractivity (Wildman–Crippen MR) is 82.8 cm³/mol. The van der Waals surface area contributed by atoms with Crippen LogP contribution < -0.4 is 11.1 Å². The molecule has 1 aromatic heterocycles. The molecule has 0 unspecified atom stereocenters. The number of thiazole rings is 1. The Balaban J connectivity index is 1.90. The summed E-state index contributed by atoms with van der Waals surface area (Å²) in [5.74, 6) is -0.0831. The van der Waals surface area contributed by atoms with Gasteiger partial charge in [-0.3, -0.25) is 4.79 Å². The Labute approximate surface area is 127 Å². The lowest BCUT2D eigenvalue weighted by molar-refractivity contribution is -0.131. The van der Waals surface area contributed by atoms with Crippen LogP contribution in [0.4, 0.5) is 0 Å². The van der Waals surface area contributed by atoms with Gasteiger partial charge in [-0.2, -0.15) is 0 Å². The number of nitrogens with two attached hydrogens (primary N) is 1. The summed E-state index contributed by atoms with van der Waals surface area (Å²) < 4.78 is 5.30. The molecular formula is C13H19N3O2S2. The van der Waals surface area contributed by atoms with E-state index in [4.69, 9.17) is 22.7 Å². The van der Waals surface area contributed by atoms with Crippen molar-refractivity contribution < 1.29 is 9.53 Å². The quantitative estimate of drug-likeness (QED) is 0.799. The van der Waals surface area contributed by atoms with Crippen LogP contribution >= 0.6 is 23.6 Å². The molecule has 20 heavy (non-hydrogen) atoms. The maximum atomic E-state index is 12.4. The Morgan fingerprint density at radius 2 is 2.30 bits per heavy atom. The first-order chi connectivity index (χ1) is 9.54. The van der Waals surface area contributed by atoms with Crippen molar-refractivity contribution in [1.82, 2.24) is 10.3 Å². The zero-order valence-electron chi connectivity index (χ0n) is 11.5. The Morgan fingerprint density at radius 3 is 2.85 bits per heavy atom. The van der Waals surface area contributed by atoms with Crippen LogP contribution in [0.3, 0.4) is 0 Å². The van der Waals surface area contributed by atoms with E-state index in [0.717, 1.165) is 17.1 Å². The van der Waals surface area contributed by atoms with E-state index in [1.54, 1.807) is 11.3 Å².